The van der Waals surface area contributed by atoms with Crippen LogP contribution in [0.1, 0.15) is 23.0 Å². The first-order valence-corrected chi connectivity index (χ1v) is 8.22. The summed E-state index contributed by atoms with van der Waals surface area (Å²) < 4.78 is 20.7. The van der Waals surface area contributed by atoms with Crippen LogP contribution in [0.25, 0.3) is 0 Å². The highest BCUT2D eigenvalue weighted by molar-refractivity contribution is 7.13. The molecule has 2 aromatic rings. The molecule has 25 heavy (non-hydrogen) atoms. The van der Waals surface area contributed by atoms with Gasteiger partial charge in [-0.05, 0) is 19.1 Å². The minimum absolute atomic E-state index is 0.248. The van der Waals surface area contributed by atoms with E-state index >= 15 is 0 Å². The number of nitrogens with zero attached hydrogens (tertiary/aromatic N) is 2. The van der Waals surface area contributed by atoms with Crippen LogP contribution in [-0.2, 0) is 4.74 Å². The van der Waals surface area contributed by atoms with E-state index in [0.717, 1.165) is 5.56 Å². The van der Waals surface area contributed by atoms with Crippen LogP contribution in [-0.4, -0.2) is 45.1 Å². The Morgan fingerprint density at radius 3 is 2.48 bits per heavy atom. The molecule has 0 saturated carbocycles. The maximum absolute atomic E-state index is 11.6. The Hall–Kier alpha value is -2.81. The molecule has 0 unspecified atom stereocenters. The molecule has 1 aromatic heterocycles. The fourth-order valence-corrected chi connectivity index (χ4v) is 2.59. The summed E-state index contributed by atoms with van der Waals surface area (Å²) in [5.74, 6) is 1.11. The number of aromatic nitrogens is 1. The molecule has 8 nitrogen and oxygen atoms in total. The Morgan fingerprint density at radius 2 is 1.92 bits per heavy atom. The van der Waals surface area contributed by atoms with Crippen LogP contribution < -0.4 is 19.6 Å². The molecule has 1 N–H and O–H groups in total. The van der Waals surface area contributed by atoms with Crippen molar-refractivity contribution in [1.82, 2.24) is 4.98 Å². The lowest BCUT2D eigenvalue weighted by Gasteiger charge is -2.12. The monoisotopic (exact) mass is 365 g/mol. The van der Waals surface area contributed by atoms with Crippen LogP contribution in [0.4, 0.5) is 5.13 Å². The second-order valence-corrected chi connectivity index (χ2v) is 5.45. The highest BCUT2D eigenvalue weighted by atomic mass is 32.1. The number of carbonyl (C=O) groups is 1. The van der Waals surface area contributed by atoms with Gasteiger partial charge in [0.1, 0.15) is 0 Å². The van der Waals surface area contributed by atoms with Crippen molar-refractivity contribution in [2.24, 2.45) is 5.10 Å². The van der Waals surface area contributed by atoms with Gasteiger partial charge in [-0.3, -0.25) is 5.43 Å². The molecule has 2 rings (SSSR count). The number of rotatable bonds is 8. The number of esters is 1. The minimum Gasteiger partial charge on any atom is -0.493 e. The highest BCUT2D eigenvalue weighted by Gasteiger charge is 2.13. The van der Waals surface area contributed by atoms with Crippen molar-refractivity contribution in [1.29, 1.82) is 0 Å². The average molecular weight is 365 g/mol. The summed E-state index contributed by atoms with van der Waals surface area (Å²) >= 11 is 1.25. The van der Waals surface area contributed by atoms with Crippen molar-refractivity contribution in [3.05, 3.63) is 28.8 Å². The van der Waals surface area contributed by atoms with E-state index < -0.39 is 5.97 Å². The largest absolute Gasteiger partial charge is 0.493 e. The Labute approximate surface area is 149 Å². The lowest BCUT2D eigenvalue weighted by molar-refractivity contribution is 0.0520. The second-order valence-electron chi connectivity index (χ2n) is 4.59. The molecular formula is C16H19N3O5S. The molecule has 0 spiro atoms. The number of nitrogens with one attached hydrogen (secondary N) is 1. The third kappa shape index (κ3) is 4.60. The van der Waals surface area contributed by atoms with E-state index in [2.05, 4.69) is 15.5 Å². The maximum Gasteiger partial charge on any atom is 0.357 e. The van der Waals surface area contributed by atoms with Gasteiger partial charge in [-0.2, -0.15) is 5.10 Å². The molecule has 134 valence electrons. The van der Waals surface area contributed by atoms with Gasteiger partial charge in [-0.1, -0.05) is 0 Å². The smallest absolute Gasteiger partial charge is 0.357 e. The van der Waals surface area contributed by atoms with E-state index in [4.69, 9.17) is 18.9 Å². The van der Waals surface area contributed by atoms with Crippen LogP contribution in [0.2, 0.25) is 0 Å². The zero-order valence-corrected chi connectivity index (χ0v) is 15.2. The molecule has 0 atom stereocenters. The zero-order chi connectivity index (χ0) is 18.2. The van der Waals surface area contributed by atoms with Gasteiger partial charge in [0.15, 0.2) is 17.2 Å². The van der Waals surface area contributed by atoms with E-state index in [-0.39, 0.29) is 5.69 Å². The molecule has 0 aliphatic heterocycles. The highest BCUT2D eigenvalue weighted by Crippen LogP contribution is 2.37. The molecule has 0 aliphatic carbocycles. The number of hydrazone groups is 1. The van der Waals surface area contributed by atoms with E-state index in [1.165, 1.54) is 11.3 Å². The van der Waals surface area contributed by atoms with E-state index in [1.54, 1.807) is 52.0 Å². The second kappa shape index (κ2) is 8.88. The summed E-state index contributed by atoms with van der Waals surface area (Å²) in [6.07, 6.45) is 1.58. The molecule has 0 fully saturated rings. The van der Waals surface area contributed by atoms with Crippen LogP contribution in [0.5, 0.6) is 17.2 Å². The minimum atomic E-state index is -0.458. The van der Waals surface area contributed by atoms with E-state index in [1.807, 2.05) is 0 Å². The van der Waals surface area contributed by atoms with Crippen molar-refractivity contribution in [3.8, 4) is 17.2 Å². The first-order valence-electron chi connectivity index (χ1n) is 7.34. The summed E-state index contributed by atoms with van der Waals surface area (Å²) in [7, 11) is 4.63. The Balaban J connectivity index is 2.11. The maximum atomic E-state index is 11.6. The molecule has 0 aliphatic rings. The first kappa shape index (κ1) is 18.5. The molecule has 0 bridgehead atoms. The van der Waals surface area contributed by atoms with Crippen molar-refractivity contribution in [2.75, 3.05) is 33.4 Å². The lowest BCUT2D eigenvalue weighted by atomic mass is 10.2. The van der Waals surface area contributed by atoms with E-state index in [9.17, 15) is 4.79 Å². The SMILES string of the molecule is CCOC(=O)c1csc(N/N=C/c2cc(OC)c(OC)c(OC)c2)n1. The third-order valence-electron chi connectivity index (χ3n) is 3.05. The summed E-state index contributed by atoms with van der Waals surface area (Å²) in [5, 5.41) is 6.19. The van der Waals surface area contributed by atoms with Crippen LogP contribution >= 0.6 is 11.3 Å². The number of carbonyl (C=O) groups excluding carboxylic acids is 1. The van der Waals surface area contributed by atoms with Gasteiger partial charge in [0.05, 0.1) is 34.2 Å². The predicted molar refractivity (Wildman–Crippen MR) is 95.4 cm³/mol. The van der Waals surface area contributed by atoms with Crippen molar-refractivity contribution < 1.29 is 23.7 Å². The fourth-order valence-electron chi connectivity index (χ4n) is 1.96. The first-order chi connectivity index (χ1) is 12.1. The predicted octanol–water partition coefficient (Wildman–Crippen LogP) is 2.79. The Kier molecular flexibility index (Phi) is 6.58. The van der Waals surface area contributed by atoms with Gasteiger partial charge in [-0.25, -0.2) is 9.78 Å². The molecular weight excluding hydrogens is 346 g/mol. The molecule has 0 amide bonds. The number of anilines is 1. The summed E-state index contributed by atoms with van der Waals surface area (Å²) in [6.45, 7) is 2.05. The summed E-state index contributed by atoms with van der Waals surface area (Å²) in [5.41, 5.74) is 3.76. The van der Waals surface area contributed by atoms with Gasteiger partial charge in [0, 0.05) is 10.9 Å². The molecule has 1 heterocycles. The van der Waals surface area contributed by atoms with Crippen molar-refractivity contribution in [3.63, 3.8) is 0 Å². The summed E-state index contributed by atoms with van der Waals surface area (Å²) in [6, 6.07) is 3.52. The number of hydrogen-bond donors (Lipinski definition) is 1. The summed E-state index contributed by atoms with van der Waals surface area (Å²) in [4.78, 5) is 15.7. The van der Waals surface area contributed by atoms with Gasteiger partial charge < -0.3 is 18.9 Å². The van der Waals surface area contributed by atoms with Crippen LogP contribution in [0, 0.1) is 0 Å². The van der Waals surface area contributed by atoms with Crippen molar-refractivity contribution >= 4 is 28.7 Å². The zero-order valence-electron chi connectivity index (χ0n) is 14.4. The quantitative estimate of drug-likeness (QED) is 0.437. The molecule has 1 aromatic carbocycles. The Morgan fingerprint density at radius 1 is 1.24 bits per heavy atom. The average Bonchev–Trinajstić information content (AvgIpc) is 3.10. The van der Waals surface area contributed by atoms with Gasteiger partial charge in [0.2, 0.25) is 10.9 Å². The standard InChI is InChI=1S/C16H19N3O5S/c1-5-24-15(20)11-9-25-16(18-11)19-17-8-10-6-12(21-2)14(23-4)13(7-10)22-3/h6-9H,5H2,1-4H3,(H,18,19)/b17-8+. The fraction of sp³-hybridized carbons (Fsp3) is 0.312. The number of thiazole rings is 1. The Bertz CT molecular complexity index is 735. The number of methoxy groups -OCH3 is 3. The van der Waals surface area contributed by atoms with Gasteiger partial charge >= 0.3 is 5.97 Å². The van der Waals surface area contributed by atoms with Crippen molar-refractivity contribution in [2.45, 2.75) is 6.92 Å². The molecule has 9 heteroatoms. The van der Waals surface area contributed by atoms with E-state index in [0.29, 0.717) is 29.0 Å². The molecule has 0 radical (unpaired) electrons. The number of benzene rings is 1. The lowest BCUT2D eigenvalue weighted by Crippen LogP contribution is -2.04. The molecule has 0 saturated heterocycles. The van der Waals surface area contributed by atoms with Crippen LogP contribution in [0.15, 0.2) is 22.6 Å². The number of hydrogen-bond acceptors (Lipinski definition) is 9. The third-order valence-corrected chi connectivity index (χ3v) is 3.80. The van der Waals surface area contributed by atoms with Crippen LogP contribution in [0.3, 0.4) is 0 Å². The topological polar surface area (TPSA) is 91.3 Å². The normalized spacial score (nSPS) is 10.6. The van der Waals surface area contributed by atoms with Gasteiger partial charge in [0.25, 0.3) is 0 Å². The number of ether oxygens (including phenoxy) is 4. The van der Waals surface area contributed by atoms with Gasteiger partial charge in [-0.15, -0.1) is 11.3 Å².